The van der Waals surface area contributed by atoms with Crippen LogP contribution in [0.4, 0.5) is 0 Å². The van der Waals surface area contributed by atoms with Crippen molar-refractivity contribution in [2.75, 3.05) is 39.4 Å². The van der Waals surface area contributed by atoms with E-state index in [0.717, 1.165) is 50.2 Å². The van der Waals surface area contributed by atoms with E-state index in [2.05, 4.69) is 82.9 Å². The quantitative estimate of drug-likeness (QED) is 0.542. The van der Waals surface area contributed by atoms with Gasteiger partial charge in [0.1, 0.15) is 0 Å². The zero-order chi connectivity index (χ0) is 23.7. The van der Waals surface area contributed by atoms with Gasteiger partial charge in [-0.05, 0) is 68.4 Å². The summed E-state index contributed by atoms with van der Waals surface area (Å²) in [6.07, 6.45) is 1.87. The fourth-order valence-corrected chi connectivity index (χ4v) is 5.66. The molecule has 0 aliphatic carbocycles. The molecule has 2 saturated heterocycles. The fraction of sp³-hybridized carbons (Fsp3) is 0.407. The van der Waals surface area contributed by atoms with E-state index in [-0.39, 0.29) is 12.1 Å². The maximum Gasteiger partial charge on any atom is 0.170 e. The number of morpholine rings is 1. The first kappa shape index (κ1) is 23.0. The van der Waals surface area contributed by atoms with Crippen LogP contribution in [0.5, 0.6) is 0 Å². The number of aromatic nitrogens is 2. The highest BCUT2D eigenvalue weighted by molar-refractivity contribution is 7.80. The first-order valence-electron chi connectivity index (χ1n) is 12.1. The molecule has 2 aliphatic rings. The van der Waals surface area contributed by atoms with Gasteiger partial charge in [-0.25, -0.2) is 0 Å². The highest BCUT2D eigenvalue weighted by atomic mass is 32.1. The van der Waals surface area contributed by atoms with Crippen molar-refractivity contribution in [3.05, 3.63) is 82.9 Å². The number of hydrogen-bond donors (Lipinski definition) is 1. The molecule has 0 unspecified atom stereocenters. The van der Waals surface area contributed by atoms with Crippen molar-refractivity contribution in [3.8, 4) is 5.69 Å². The Kier molecular flexibility index (Phi) is 6.68. The van der Waals surface area contributed by atoms with Crippen molar-refractivity contribution < 1.29 is 4.74 Å². The zero-order valence-electron chi connectivity index (χ0n) is 20.2. The minimum atomic E-state index is 0.00390. The Hall–Kier alpha value is -2.74. The number of nitrogens with zero attached hydrogens (tertiary/aromatic N) is 4. The number of aryl methyl sites for hydroxylation is 2. The maximum absolute atomic E-state index is 5.90. The molecule has 1 N–H and O–H groups in total. The van der Waals surface area contributed by atoms with Crippen LogP contribution in [0.25, 0.3) is 5.69 Å². The van der Waals surface area contributed by atoms with Crippen molar-refractivity contribution in [1.29, 1.82) is 0 Å². The standard InChI is InChI=1S/C27H33N5OS/c1-19-8-4-5-10-24(19)32-20(2)18-22(21(32)3)26-25(23-9-6-7-11-28-23)29-27(34)31(26)13-12-30-14-16-33-17-15-30/h4-11,18,25-26H,12-17H2,1-3H3,(H,29,34)/t25-,26+/m0/s1. The summed E-state index contributed by atoms with van der Waals surface area (Å²) in [4.78, 5) is 9.54. The van der Waals surface area contributed by atoms with Crippen molar-refractivity contribution in [3.63, 3.8) is 0 Å². The van der Waals surface area contributed by atoms with Gasteiger partial charge in [-0.2, -0.15) is 0 Å². The van der Waals surface area contributed by atoms with Crippen LogP contribution < -0.4 is 5.32 Å². The van der Waals surface area contributed by atoms with Gasteiger partial charge in [0.05, 0.1) is 31.0 Å². The summed E-state index contributed by atoms with van der Waals surface area (Å²) in [6.45, 7) is 12.0. The molecule has 3 aromatic rings. The summed E-state index contributed by atoms with van der Waals surface area (Å²) in [7, 11) is 0. The van der Waals surface area contributed by atoms with E-state index in [4.69, 9.17) is 21.9 Å². The molecule has 0 spiro atoms. The third kappa shape index (κ3) is 4.35. The Labute approximate surface area is 207 Å². The van der Waals surface area contributed by atoms with E-state index in [1.165, 1.54) is 28.2 Å². The summed E-state index contributed by atoms with van der Waals surface area (Å²) in [5.41, 5.74) is 7.29. The van der Waals surface area contributed by atoms with E-state index >= 15 is 0 Å². The van der Waals surface area contributed by atoms with E-state index in [0.29, 0.717) is 0 Å². The van der Waals surface area contributed by atoms with Crippen molar-refractivity contribution in [2.24, 2.45) is 0 Å². The second-order valence-electron chi connectivity index (χ2n) is 9.22. The monoisotopic (exact) mass is 475 g/mol. The van der Waals surface area contributed by atoms with Gasteiger partial charge in [0.15, 0.2) is 5.11 Å². The average Bonchev–Trinajstić information content (AvgIpc) is 3.34. The minimum absolute atomic E-state index is 0.00390. The van der Waals surface area contributed by atoms with E-state index < -0.39 is 0 Å². The molecule has 1 aromatic carbocycles. The summed E-state index contributed by atoms with van der Waals surface area (Å²) in [6, 6.07) is 17.1. The normalized spacial score (nSPS) is 21.1. The van der Waals surface area contributed by atoms with Gasteiger partial charge in [-0.1, -0.05) is 24.3 Å². The number of para-hydroxylation sites is 1. The van der Waals surface area contributed by atoms with Crippen LogP contribution >= 0.6 is 12.2 Å². The molecule has 6 nitrogen and oxygen atoms in total. The molecular formula is C27H33N5OS. The summed E-state index contributed by atoms with van der Waals surface area (Å²) >= 11 is 5.90. The SMILES string of the molecule is Cc1ccccc1-n1c(C)cc([C@@H]2[C@H](c3ccccn3)NC(=S)N2CCN2CCOCC2)c1C. The highest BCUT2D eigenvalue weighted by Crippen LogP contribution is 2.41. The molecule has 0 saturated carbocycles. The average molecular weight is 476 g/mol. The third-order valence-electron chi connectivity index (χ3n) is 7.10. The molecule has 2 aromatic heterocycles. The van der Waals surface area contributed by atoms with Gasteiger partial charge < -0.3 is 19.5 Å². The Morgan fingerprint density at radius 3 is 2.53 bits per heavy atom. The largest absolute Gasteiger partial charge is 0.379 e. The Bertz CT molecular complexity index is 1160. The Morgan fingerprint density at radius 2 is 1.79 bits per heavy atom. The van der Waals surface area contributed by atoms with Crippen LogP contribution in [0.2, 0.25) is 0 Å². The smallest absolute Gasteiger partial charge is 0.170 e. The van der Waals surface area contributed by atoms with E-state index in [1.54, 1.807) is 0 Å². The van der Waals surface area contributed by atoms with Crippen molar-refractivity contribution in [2.45, 2.75) is 32.9 Å². The lowest BCUT2D eigenvalue weighted by Gasteiger charge is -2.32. The van der Waals surface area contributed by atoms with E-state index in [9.17, 15) is 0 Å². The Morgan fingerprint density at radius 1 is 1.03 bits per heavy atom. The molecule has 0 bridgehead atoms. The molecule has 178 valence electrons. The maximum atomic E-state index is 5.90. The first-order valence-corrected chi connectivity index (χ1v) is 12.5. The number of hydrogen-bond acceptors (Lipinski definition) is 4. The topological polar surface area (TPSA) is 45.6 Å². The van der Waals surface area contributed by atoms with Crippen molar-refractivity contribution >= 4 is 17.3 Å². The van der Waals surface area contributed by atoms with E-state index in [1.807, 2.05) is 12.3 Å². The molecule has 2 fully saturated rings. The molecular weight excluding hydrogens is 442 g/mol. The van der Waals surface area contributed by atoms with Crippen LogP contribution in [0.15, 0.2) is 54.7 Å². The molecule has 4 heterocycles. The number of pyridine rings is 1. The van der Waals surface area contributed by atoms with Crippen LogP contribution in [0, 0.1) is 20.8 Å². The third-order valence-corrected chi connectivity index (χ3v) is 7.46. The first-order chi connectivity index (χ1) is 16.5. The molecule has 0 radical (unpaired) electrons. The van der Waals surface area contributed by atoms with Crippen LogP contribution in [-0.4, -0.2) is 63.9 Å². The van der Waals surface area contributed by atoms with Gasteiger partial charge in [0.2, 0.25) is 0 Å². The number of rotatable bonds is 6. The number of thiocarbonyl (C=S) groups is 1. The van der Waals surface area contributed by atoms with Crippen molar-refractivity contribution in [1.82, 2.24) is 24.7 Å². The van der Waals surface area contributed by atoms with Gasteiger partial charge in [-0.15, -0.1) is 0 Å². The molecule has 2 atom stereocenters. The fourth-order valence-electron chi connectivity index (χ4n) is 5.33. The van der Waals surface area contributed by atoms with Gasteiger partial charge >= 0.3 is 0 Å². The predicted octanol–water partition coefficient (Wildman–Crippen LogP) is 4.10. The molecule has 2 aliphatic heterocycles. The second kappa shape index (κ2) is 9.86. The minimum Gasteiger partial charge on any atom is -0.379 e. The van der Waals surface area contributed by atoms with Crippen LogP contribution in [0.1, 0.15) is 40.3 Å². The van der Waals surface area contributed by atoms with Gasteiger partial charge in [0.25, 0.3) is 0 Å². The summed E-state index contributed by atoms with van der Waals surface area (Å²) in [5.74, 6) is 0. The van der Waals surface area contributed by atoms with Crippen LogP contribution in [0.3, 0.4) is 0 Å². The van der Waals surface area contributed by atoms with Gasteiger partial charge in [-0.3, -0.25) is 9.88 Å². The zero-order valence-corrected chi connectivity index (χ0v) is 21.0. The summed E-state index contributed by atoms with van der Waals surface area (Å²) < 4.78 is 7.91. The lowest BCUT2D eigenvalue weighted by atomic mass is 9.96. The molecule has 34 heavy (non-hydrogen) atoms. The Balaban J connectivity index is 1.53. The number of benzene rings is 1. The number of nitrogens with one attached hydrogen (secondary N) is 1. The van der Waals surface area contributed by atoms with Crippen LogP contribution in [-0.2, 0) is 4.74 Å². The highest BCUT2D eigenvalue weighted by Gasteiger charge is 2.41. The predicted molar refractivity (Wildman–Crippen MR) is 139 cm³/mol. The van der Waals surface area contributed by atoms with Gasteiger partial charge in [0, 0.05) is 49.5 Å². The molecule has 5 rings (SSSR count). The second-order valence-corrected chi connectivity index (χ2v) is 9.61. The molecule has 0 amide bonds. The molecule has 7 heteroatoms. The summed E-state index contributed by atoms with van der Waals surface area (Å²) in [5, 5.41) is 4.41. The number of ether oxygens (including phenoxy) is 1. The lowest BCUT2D eigenvalue weighted by Crippen LogP contribution is -2.42. The lowest BCUT2D eigenvalue weighted by molar-refractivity contribution is 0.0350.